The van der Waals surface area contributed by atoms with Crippen LogP contribution >= 0.6 is 11.6 Å². The van der Waals surface area contributed by atoms with E-state index in [0.29, 0.717) is 22.9 Å². The van der Waals surface area contributed by atoms with E-state index in [1.807, 2.05) is 6.92 Å². The fraction of sp³-hybridized carbons (Fsp3) is 0.300. The second-order valence-electron chi connectivity index (χ2n) is 3.74. The summed E-state index contributed by atoms with van der Waals surface area (Å²) in [5.74, 6) is 1.02. The first kappa shape index (κ1) is 11.7. The third-order valence-electron chi connectivity index (χ3n) is 2.29. The van der Waals surface area contributed by atoms with Gasteiger partial charge in [-0.2, -0.15) is 0 Å². The van der Waals surface area contributed by atoms with Crippen LogP contribution in [0.2, 0.25) is 0 Å². The topological polar surface area (TPSA) is 83.8 Å². The monoisotopic (exact) mass is 254 g/mol. The fourth-order valence-electron chi connectivity index (χ4n) is 1.45. The highest BCUT2D eigenvalue weighted by Gasteiger charge is 2.10. The van der Waals surface area contributed by atoms with E-state index in [4.69, 9.17) is 11.6 Å². The molecular formula is C10H11ClN4O2. The molecule has 2 aromatic rings. The van der Waals surface area contributed by atoms with Crippen molar-refractivity contribution in [3.05, 3.63) is 28.3 Å². The van der Waals surface area contributed by atoms with Gasteiger partial charge in [-0.05, 0) is 13.0 Å². The maximum atomic E-state index is 10.6. The Kier molecular flexibility index (Phi) is 3.14. The molecule has 0 aliphatic heterocycles. The number of H-pyrrole nitrogens is 1. The van der Waals surface area contributed by atoms with Gasteiger partial charge < -0.3 is 10.3 Å². The van der Waals surface area contributed by atoms with Crippen molar-refractivity contribution in [2.45, 2.75) is 13.0 Å². The van der Waals surface area contributed by atoms with Crippen molar-refractivity contribution in [1.82, 2.24) is 9.97 Å². The summed E-state index contributed by atoms with van der Waals surface area (Å²) >= 11 is 5.67. The number of imidazole rings is 1. The molecule has 1 aromatic heterocycles. The highest BCUT2D eigenvalue weighted by molar-refractivity contribution is 6.18. The maximum Gasteiger partial charge on any atom is 0.271 e. The van der Waals surface area contributed by atoms with Gasteiger partial charge >= 0.3 is 0 Å². The Morgan fingerprint density at radius 1 is 1.65 bits per heavy atom. The van der Waals surface area contributed by atoms with Crippen LogP contribution in [0, 0.1) is 10.1 Å². The van der Waals surface area contributed by atoms with Crippen LogP contribution in [0.1, 0.15) is 6.92 Å². The highest BCUT2D eigenvalue weighted by Crippen LogP contribution is 2.20. The Morgan fingerprint density at radius 2 is 2.41 bits per heavy atom. The number of hydrogen-bond donors (Lipinski definition) is 2. The third kappa shape index (κ3) is 2.47. The van der Waals surface area contributed by atoms with E-state index < -0.39 is 4.92 Å². The number of aromatic amines is 1. The number of nitro benzene ring substituents is 1. The number of aromatic nitrogens is 2. The number of anilines is 1. The molecule has 0 fully saturated rings. The number of rotatable bonds is 4. The lowest BCUT2D eigenvalue weighted by molar-refractivity contribution is -0.384. The summed E-state index contributed by atoms with van der Waals surface area (Å²) in [6.07, 6.45) is 0. The fourth-order valence-corrected chi connectivity index (χ4v) is 1.53. The van der Waals surface area contributed by atoms with Gasteiger partial charge in [0.25, 0.3) is 5.69 Å². The lowest BCUT2D eigenvalue weighted by atomic mass is 10.3. The number of benzene rings is 1. The molecule has 0 spiro atoms. The minimum atomic E-state index is -0.436. The van der Waals surface area contributed by atoms with Crippen molar-refractivity contribution in [2.75, 3.05) is 11.2 Å². The highest BCUT2D eigenvalue weighted by atomic mass is 35.5. The maximum absolute atomic E-state index is 10.6. The van der Waals surface area contributed by atoms with Gasteiger partial charge in [0.15, 0.2) is 0 Å². The molecule has 0 saturated carbocycles. The van der Waals surface area contributed by atoms with Gasteiger partial charge in [0.2, 0.25) is 5.95 Å². The average molecular weight is 255 g/mol. The summed E-state index contributed by atoms with van der Waals surface area (Å²) in [7, 11) is 0. The first-order valence-corrected chi connectivity index (χ1v) is 5.60. The molecule has 17 heavy (non-hydrogen) atoms. The van der Waals surface area contributed by atoms with Gasteiger partial charge in [0.05, 0.1) is 16.0 Å². The van der Waals surface area contributed by atoms with E-state index in [1.54, 1.807) is 6.07 Å². The summed E-state index contributed by atoms with van der Waals surface area (Å²) in [6.45, 7) is 1.92. The van der Waals surface area contributed by atoms with Crippen LogP contribution in [0.5, 0.6) is 0 Å². The van der Waals surface area contributed by atoms with Crippen molar-refractivity contribution in [3.63, 3.8) is 0 Å². The summed E-state index contributed by atoms with van der Waals surface area (Å²) < 4.78 is 0. The lowest BCUT2D eigenvalue weighted by Gasteiger charge is -2.07. The molecule has 0 radical (unpaired) electrons. The Morgan fingerprint density at radius 3 is 3.06 bits per heavy atom. The van der Waals surface area contributed by atoms with Crippen molar-refractivity contribution in [2.24, 2.45) is 0 Å². The Balaban J connectivity index is 2.33. The standard InChI is InChI=1S/C10H11ClN4O2/c1-6(5-11)12-10-13-8-3-2-7(15(16)17)4-9(8)14-10/h2-4,6H,5H2,1H3,(H2,12,13,14). The molecule has 0 bridgehead atoms. The molecule has 1 atom stereocenters. The molecule has 0 saturated heterocycles. The first-order chi connectivity index (χ1) is 8.10. The summed E-state index contributed by atoms with van der Waals surface area (Å²) in [6, 6.07) is 4.57. The predicted octanol–water partition coefficient (Wildman–Crippen LogP) is 2.51. The summed E-state index contributed by atoms with van der Waals surface area (Å²) in [5, 5.41) is 13.7. The number of nitro groups is 1. The summed E-state index contributed by atoms with van der Waals surface area (Å²) in [4.78, 5) is 17.4. The average Bonchev–Trinajstić information content (AvgIpc) is 2.69. The second kappa shape index (κ2) is 4.58. The zero-order chi connectivity index (χ0) is 12.4. The Hall–Kier alpha value is -1.82. The van der Waals surface area contributed by atoms with E-state index in [-0.39, 0.29) is 11.7 Å². The first-order valence-electron chi connectivity index (χ1n) is 5.07. The van der Waals surface area contributed by atoms with E-state index in [9.17, 15) is 10.1 Å². The number of hydrogen-bond acceptors (Lipinski definition) is 4. The number of non-ortho nitro benzene ring substituents is 1. The molecule has 1 aromatic carbocycles. The molecule has 6 nitrogen and oxygen atoms in total. The molecule has 2 rings (SSSR count). The van der Waals surface area contributed by atoms with Crippen LogP contribution < -0.4 is 5.32 Å². The number of fused-ring (bicyclic) bond motifs is 1. The molecule has 1 heterocycles. The Labute approximate surface area is 102 Å². The van der Waals surface area contributed by atoms with Gasteiger partial charge in [-0.3, -0.25) is 10.1 Å². The molecule has 0 aliphatic carbocycles. The SMILES string of the molecule is CC(CCl)Nc1nc2ccc([N+](=O)[O-])cc2[nH]1. The third-order valence-corrected chi connectivity index (χ3v) is 2.75. The molecular weight excluding hydrogens is 244 g/mol. The van der Waals surface area contributed by atoms with Gasteiger partial charge in [-0.15, -0.1) is 11.6 Å². The van der Waals surface area contributed by atoms with E-state index in [2.05, 4.69) is 15.3 Å². The van der Waals surface area contributed by atoms with E-state index in [1.165, 1.54) is 12.1 Å². The molecule has 1 unspecified atom stereocenters. The van der Waals surface area contributed by atoms with Crippen molar-refractivity contribution in [3.8, 4) is 0 Å². The Bertz CT molecular complexity index is 554. The molecule has 0 aliphatic rings. The van der Waals surface area contributed by atoms with Gasteiger partial charge in [0, 0.05) is 24.1 Å². The number of alkyl halides is 1. The largest absolute Gasteiger partial charge is 0.352 e. The van der Waals surface area contributed by atoms with Crippen LogP contribution in [0.3, 0.4) is 0 Å². The normalized spacial score (nSPS) is 12.6. The lowest BCUT2D eigenvalue weighted by Crippen LogP contribution is -2.17. The minimum absolute atomic E-state index is 0.0399. The smallest absolute Gasteiger partial charge is 0.271 e. The van der Waals surface area contributed by atoms with Crippen LogP contribution in [0.25, 0.3) is 11.0 Å². The van der Waals surface area contributed by atoms with Crippen LogP contribution in [-0.2, 0) is 0 Å². The zero-order valence-corrected chi connectivity index (χ0v) is 9.86. The van der Waals surface area contributed by atoms with Crippen LogP contribution in [0.15, 0.2) is 18.2 Å². The van der Waals surface area contributed by atoms with Gasteiger partial charge in [0.1, 0.15) is 0 Å². The van der Waals surface area contributed by atoms with Gasteiger partial charge in [-0.1, -0.05) is 0 Å². The number of nitrogens with one attached hydrogen (secondary N) is 2. The number of halogens is 1. The van der Waals surface area contributed by atoms with E-state index >= 15 is 0 Å². The predicted molar refractivity (Wildman–Crippen MR) is 66.6 cm³/mol. The van der Waals surface area contributed by atoms with Crippen molar-refractivity contribution < 1.29 is 4.92 Å². The minimum Gasteiger partial charge on any atom is -0.352 e. The van der Waals surface area contributed by atoms with Gasteiger partial charge in [-0.25, -0.2) is 4.98 Å². The zero-order valence-electron chi connectivity index (χ0n) is 9.11. The van der Waals surface area contributed by atoms with Crippen LogP contribution in [-0.4, -0.2) is 26.8 Å². The van der Waals surface area contributed by atoms with Crippen molar-refractivity contribution in [1.29, 1.82) is 0 Å². The van der Waals surface area contributed by atoms with Crippen molar-refractivity contribution >= 4 is 34.3 Å². The number of nitrogens with zero attached hydrogens (tertiary/aromatic N) is 2. The summed E-state index contributed by atoms with van der Waals surface area (Å²) in [5.41, 5.74) is 1.35. The molecule has 7 heteroatoms. The van der Waals surface area contributed by atoms with Crippen LogP contribution in [0.4, 0.5) is 11.6 Å². The molecule has 90 valence electrons. The molecule has 0 amide bonds. The quantitative estimate of drug-likeness (QED) is 0.499. The van der Waals surface area contributed by atoms with E-state index in [0.717, 1.165) is 0 Å². The second-order valence-corrected chi connectivity index (χ2v) is 4.05. The molecule has 2 N–H and O–H groups in total.